The van der Waals surface area contributed by atoms with Crippen molar-refractivity contribution in [1.29, 1.82) is 0 Å². The number of benzene rings is 1. The third kappa shape index (κ3) is 3.52. The van der Waals surface area contributed by atoms with Crippen LogP contribution in [-0.2, 0) is 0 Å². The van der Waals surface area contributed by atoms with E-state index >= 15 is 0 Å². The van der Waals surface area contributed by atoms with Crippen molar-refractivity contribution < 1.29 is 73.6 Å². The molecule has 1 rings (SSSR count). The summed E-state index contributed by atoms with van der Waals surface area (Å²) >= 11 is 0. The second kappa shape index (κ2) is 5.39. The maximum atomic E-state index is 12.7. The zero-order valence-electron chi connectivity index (χ0n) is 7.58. The summed E-state index contributed by atoms with van der Waals surface area (Å²) in [6, 6.07) is 1.89. The van der Waals surface area contributed by atoms with Crippen LogP contribution in [0.2, 0.25) is 0 Å². The van der Waals surface area contributed by atoms with Crippen LogP contribution >= 0.6 is 0 Å². The SMILES string of the molecule is O=[N+]([O-])c1c(F)cccc1[B-](F)(F)F.[K+]. The smallest absolute Gasteiger partial charge is 0.445 e. The Morgan fingerprint density at radius 1 is 1.27 bits per heavy atom. The van der Waals surface area contributed by atoms with Crippen LogP contribution in [0.15, 0.2) is 18.2 Å². The molecule has 0 unspecified atom stereocenters. The molecule has 0 N–H and O–H groups in total. The van der Waals surface area contributed by atoms with Gasteiger partial charge in [-0.3, -0.25) is 10.1 Å². The summed E-state index contributed by atoms with van der Waals surface area (Å²) in [5.41, 5.74) is -3.03. The minimum Gasteiger partial charge on any atom is -0.445 e. The van der Waals surface area contributed by atoms with Crippen molar-refractivity contribution in [2.45, 2.75) is 0 Å². The van der Waals surface area contributed by atoms with E-state index in [1.165, 1.54) is 0 Å². The number of para-hydroxylation sites is 1. The van der Waals surface area contributed by atoms with E-state index in [2.05, 4.69) is 0 Å². The zero-order valence-corrected chi connectivity index (χ0v) is 10.7. The Kier molecular flexibility index (Phi) is 5.41. The number of rotatable bonds is 2. The summed E-state index contributed by atoms with van der Waals surface area (Å²) in [5, 5.41) is 10.2. The van der Waals surface area contributed by atoms with Crippen LogP contribution in [0.1, 0.15) is 0 Å². The topological polar surface area (TPSA) is 43.1 Å². The molecule has 0 radical (unpaired) electrons. The number of nitro groups is 1. The third-order valence-corrected chi connectivity index (χ3v) is 1.55. The molecule has 0 aliphatic heterocycles. The first-order chi connectivity index (χ1) is 6.34. The fraction of sp³-hybridized carbons (Fsp3) is 0. The van der Waals surface area contributed by atoms with Gasteiger partial charge in [0.2, 0.25) is 0 Å². The normalized spacial score (nSPS) is 10.7. The van der Waals surface area contributed by atoms with Crippen LogP contribution in [0.4, 0.5) is 23.0 Å². The van der Waals surface area contributed by atoms with Gasteiger partial charge in [-0.05, 0) is 11.5 Å². The molecule has 0 spiro atoms. The van der Waals surface area contributed by atoms with Crippen LogP contribution in [0.5, 0.6) is 0 Å². The van der Waals surface area contributed by atoms with E-state index in [0.717, 1.165) is 6.07 Å². The number of hydrogen-bond donors (Lipinski definition) is 0. The van der Waals surface area contributed by atoms with Gasteiger partial charge in [0, 0.05) is 0 Å². The first-order valence-corrected chi connectivity index (χ1v) is 3.47. The van der Waals surface area contributed by atoms with E-state index in [1.807, 2.05) is 0 Å². The molecule has 1 aromatic rings. The van der Waals surface area contributed by atoms with Crippen LogP contribution < -0.4 is 56.8 Å². The van der Waals surface area contributed by atoms with Gasteiger partial charge in [-0.25, -0.2) is 0 Å². The summed E-state index contributed by atoms with van der Waals surface area (Å²) in [5.74, 6) is -1.48. The summed E-state index contributed by atoms with van der Waals surface area (Å²) in [6.07, 6.45) is 0. The third-order valence-electron chi connectivity index (χ3n) is 1.55. The molecule has 0 fully saturated rings. The summed E-state index contributed by atoms with van der Waals surface area (Å²) in [7, 11) is 0. The molecular weight excluding hydrogens is 244 g/mol. The average Bonchev–Trinajstić information content (AvgIpc) is 2.01. The molecule has 0 bridgehead atoms. The van der Waals surface area contributed by atoms with Crippen LogP contribution in [0.3, 0.4) is 0 Å². The molecule has 1 aromatic carbocycles. The van der Waals surface area contributed by atoms with Crippen LogP contribution in [0.25, 0.3) is 0 Å². The summed E-state index contributed by atoms with van der Waals surface area (Å²) in [4.78, 5) is 8.79. The molecule has 0 aliphatic rings. The van der Waals surface area contributed by atoms with Crippen molar-refractivity contribution in [1.82, 2.24) is 0 Å². The van der Waals surface area contributed by atoms with E-state index in [-0.39, 0.29) is 51.4 Å². The first kappa shape index (κ1) is 15.0. The molecule has 3 nitrogen and oxygen atoms in total. The maximum Gasteiger partial charge on any atom is 1.00 e. The van der Waals surface area contributed by atoms with Gasteiger partial charge in [0.25, 0.3) is 5.69 Å². The van der Waals surface area contributed by atoms with E-state index in [4.69, 9.17) is 0 Å². The van der Waals surface area contributed by atoms with Gasteiger partial charge < -0.3 is 12.9 Å². The van der Waals surface area contributed by atoms with Gasteiger partial charge in [-0.2, -0.15) is 4.39 Å². The monoisotopic (exact) mass is 247 g/mol. The predicted octanol–water partition coefficient (Wildman–Crippen LogP) is -1.21. The molecule has 9 heteroatoms. The van der Waals surface area contributed by atoms with Gasteiger partial charge >= 0.3 is 58.4 Å². The summed E-state index contributed by atoms with van der Waals surface area (Å²) in [6.45, 7) is -5.57. The Morgan fingerprint density at radius 2 is 1.80 bits per heavy atom. The van der Waals surface area contributed by atoms with Crippen LogP contribution in [0, 0.1) is 15.9 Å². The standard InChI is InChI=1S/C6H3BF4NO2.K/c8-5-3-1-2-4(7(9,10)11)6(5)12(13)14;/h1-3H;/q-1;+1. The average molecular weight is 247 g/mol. The van der Waals surface area contributed by atoms with Crippen molar-refractivity contribution in [3.8, 4) is 0 Å². The quantitative estimate of drug-likeness (QED) is 0.285. The number of halogens is 4. The molecule has 15 heavy (non-hydrogen) atoms. The zero-order chi connectivity index (χ0) is 10.9. The largest absolute Gasteiger partial charge is 1.00 e. The Morgan fingerprint density at radius 3 is 2.13 bits per heavy atom. The number of nitrogens with zero attached hydrogens (tertiary/aromatic N) is 1. The predicted molar refractivity (Wildman–Crippen MR) is 41.8 cm³/mol. The minimum atomic E-state index is -5.57. The van der Waals surface area contributed by atoms with Crippen molar-refractivity contribution in [3.63, 3.8) is 0 Å². The molecule has 0 saturated heterocycles. The fourth-order valence-corrected chi connectivity index (χ4v) is 0.989. The van der Waals surface area contributed by atoms with Crippen LogP contribution in [-0.4, -0.2) is 11.9 Å². The van der Waals surface area contributed by atoms with E-state index in [1.54, 1.807) is 0 Å². The molecule has 0 aromatic heterocycles. The minimum absolute atomic E-state index is 0. The Bertz CT molecular complexity index is 384. The van der Waals surface area contributed by atoms with E-state index in [0.29, 0.717) is 12.1 Å². The second-order valence-electron chi connectivity index (χ2n) is 2.51. The van der Waals surface area contributed by atoms with Gasteiger partial charge in [-0.1, -0.05) is 12.1 Å². The van der Waals surface area contributed by atoms with Crippen molar-refractivity contribution in [2.75, 3.05) is 0 Å². The Hall–Kier alpha value is 0.0413. The Balaban J connectivity index is 0.00000196. The molecule has 0 heterocycles. The Labute approximate surface area is 124 Å². The van der Waals surface area contributed by atoms with Crippen molar-refractivity contribution >= 4 is 18.1 Å². The van der Waals surface area contributed by atoms with Crippen molar-refractivity contribution in [2.24, 2.45) is 0 Å². The van der Waals surface area contributed by atoms with Gasteiger partial charge in [0.1, 0.15) is 0 Å². The summed E-state index contributed by atoms with van der Waals surface area (Å²) < 4.78 is 49.2. The number of hydrogen-bond acceptors (Lipinski definition) is 2. The van der Waals surface area contributed by atoms with E-state index in [9.17, 15) is 27.5 Å². The van der Waals surface area contributed by atoms with E-state index < -0.39 is 28.9 Å². The fourth-order valence-electron chi connectivity index (χ4n) is 0.989. The molecule has 0 saturated carbocycles. The van der Waals surface area contributed by atoms with Gasteiger partial charge in [0.05, 0.1) is 4.92 Å². The molecule has 0 atom stereocenters. The molecular formula is C6H3BF4KNO2. The molecule has 0 amide bonds. The molecule has 76 valence electrons. The second-order valence-corrected chi connectivity index (χ2v) is 2.51. The number of nitro benzene ring substituents is 1. The van der Waals surface area contributed by atoms with Gasteiger partial charge in [-0.15, -0.1) is 0 Å². The first-order valence-electron chi connectivity index (χ1n) is 3.47. The maximum absolute atomic E-state index is 12.7. The van der Waals surface area contributed by atoms with Gasteiger partial charge in [0.15, 0.2) is 5.82 Å². The van der Waals surface area contributed by atoms with Crippen molar-refractivity contribution in [3.05, 3.63) is 34.1 Å². The molecule has 0 aliphatic carbocycles.